The monoisotopic (exact) mass is 267 g/mol. The summed E-state index contributed by atoms with van der Waals surface area (Å²) in [5, 5.41) is 12.7. The Morgan fingerprint density at radius 3 is 2.65 bits per heavy atom. The summed E-state index contributed by atoms with van der Waals surface area (Å²) in [5.74, 6) is 0. The highest BCUT2D eigenvalue weighted by Crippen LogP contribution is 2.29. The van der Waals surface area contributed by atoms with E-state index in [-0.39, 0.29) is 6.10 Å². The minimum Gasteiger partial charge on any atom is -0.388 e. The second-order valence-electron chi connectivity index (χ2n) is 5.49. The number of aromatic nitrogens is 1. The van der Waals surface area contributed by atoms with Gasteiger partial charge in [-0.2, -0.15) is 0 Å². The lowest BCUT2D eigenvalue weighted by Crippen LogP contribution is -1.97. The van der Waals surface area contributed by atoms with Crippen LogP contribution in [0.1, 0.15) is 44.3 Å². The number of hydrogen-bond donors (Lipinski definition) is 2. The van der Waals surface area contributed by atoms with Crippen LogP contribution in [0.4, 0.5) is 0 Å². The predicted molar refractivity (Wildman–Crippen MR) is 84.9 cm³/mol. The number of unbranched alkanes of at least 4 members (excludes halogenated alkanes) is 2. The van der Waals surface area contributed by atoms with E-state index in [1.165, 1.54) is 23.6 Å². The molecule has 2 nitrogen and oxygen atoms in total. The molecule has 3 aromatic rings. The minimum absolute atomic E-state index is 0.348. The Bertz CT molecular complexity index is 714. The van der Waals surface area contributed by atoms with Crippen LogP contribution >= 0.6 is 0 Å². The Labute approximate surface area is 119 Å². The number of hydrogen-bond acceptors (Lipinski definition) is 1. The Balaban J connectivity index is 1.95. The fourth-order valence-corrected chi connectivity index (χ4v) is 2.83. The van der Waals surface area contributed by atoms with E-state index in [2.05, 4.69) is 42.2 Å². The van der Waals surface area contributed by atoms with Gasteiger partial charge in [-0.15, -0.1) is 0 Å². The second kappa shape index (κ2) is 5.68. The van der Waals surface area contributed by atoms with Crippen molar-refractivity contribution in [3.8, 4) is 0 Å². The van der Waals surface area contributed by atoms with Gasteiger partial charge >= 0.3 is 0 Å². The van der Waals surface area contributed by atoms with Crippen molar-refractivity contribution in [3.63, 3.8) is 0 Å². The number of benzene rings is 2. The van der Waals surface area contributed by atoms with Crippen LogP contribution in [-0.2, 0) is 0 Å². The summed E-state index contributed by atoms with van der Waals surface area (Å²) in [5.41, 5.74) is 3.31. The van der Waals surface area contributed by atoms with Crippen molar-refractivity contribution in [1.29, 1.82) is 0 Å². The molecule has 1 heterocycles. The molecular weight excluding hydrogens is 246 g/mol. The molecule has 1 aromatic heterocycles. The Hall–Kier alpha value is -1.80. The third kappa shape index (κ3) is 2.44. The quantitative estimate of drug-likeness (QED) is 0.631. The molecule has 0 aliphatic heterocycles. The number of fused-ring (bicyclic) bond motifs is 3. The molecule has 104 valence electrons. The maximum atomic E-state index is 10.3. The fourth-order valence-electron chi connectivity index (χ4n) is 2.83. The van der Waals surface area contributed by atoms with Gasteiger partial charge in [-0.3, -0.25) is 0 Å². The van der Waals surface area contributed by atoms with Crippen LogP contribution in [-0.4, -0.2) is 10.1 Å². The Kier molecular flexibility index (Phi) is 3.75. The summed E-state index contributed by atoms with van der Waals surface area (Å²) in [6.45, 7) is 2.18. The highest BCUT2D eigenvalue weighted by molar-refractivity contribution is 6.07. The molecule has 0 saturated heterocycles. The number of nitrogens with one attached hydrogen (secondary N) is 1. The molecule has 0 spiro atoms. The van der Waals surface area contributed by atoms with Crippen molar-refractivity contribution in [3.05, 3.63) is 48.0 Å². The average molecular weight is 267 g/mol. The molecule has 0 aliphatic rings. The Morgan fingerprint density at radius 1 is 1.00 bits per heavy atom. The molecule has 0 amide bonds. The van der Waals surface area contributed by atoms with E-state index in [0.717, 1.165) is 29.4 Å². The summed E-state index contributed by atoms with van der Waals surface area (Å²) in [7, 11) is 0. The lowest BCUT2D eigenvalue weighted by atomic mass is 10.0. The third-order valence-electron chi connectivity index (χ3n) is 4.00. The first kappa shape index (κ1) is 13.2. The molecule has 0 radical (unpaired) electrons. The van der Waals surface area contributed by atoms with Gasteiger partial charge in [0.25, 0.3) is 0 Å². The van der Waals surface area contributed by atoms with Crippen LogP contribution < -0.4 is 0 Å². The van der Waals surface area contributed by atoms with Gasteiger partial charge in [0.15, 0.2) is 0 Å². The molecule has 2 heteroatoms. The zero-order chi connectivity index (χ0) is 13.9. The summed E-state index contributed by atoms with van der Waals surface area (Å²) in [6, 6.07) is 14.6. The van der Waals surface area contributed by atoms with Gasteiger partial charge in [-0.05, 0) is 30.2 Å². The van der Waals surface area contributed by atoms with Crippen molar-refractivity contribution < 1.29 is 5.11 Å². The van der Waals surface area contributed by atoms with Gasteiger partial charge in [0.1, 0.15) is 0 Å². The number of aliphatic hydroxyl groups is 1. The van der Waals surface area contributed by atoms with Crippen molar-refractivity contribution in [2.24, 2.45) is 0 Å². The first-order valence-corrected chi connectivity index (χ1v) is 7.48. The van der Waals surface area contributed by atoms with Gasteiger partial charge in [-0.1, -0.05) is 50.5 Å². The highest BCUT2D eigenvalue weighted by atomic mass is 16.3. The fraction of sp³-hybridized carbons (Fsp3) is 0.333. The van der Waals surface area contributed by atoms with Crippen molar-refractivity contribution in [1.82, 2.24) is 4.98 Å². The van der Waals surface area contributed by atoms with Crippen LogP contribution in [0.15, 0.2) is 42.5 Å². The van der Waals surface area contributed by atoms with Gasteiger partial charge < -0.3 is 10.1 Å². The molecule has 1 unspecified atom stereocenters. The first-order valence-electron chi connectivity index (χ1n) is 7.48. The Morgan fingerprint density at radius 2 is 1.80 bits per heavy atom. The lowest BCUT2D eigenvalue weighted by molar-refractivity contribution is 0.164. The number of H-pyrrole nitrogens is 1. The molecule has 2 aromatic carbocycles. The average Bonchev–Trinajstić information content (AvgIpc) is 2.85. The third-order valence-corrected chi connectivity index (χ3v) is 4.00. The molecule has 0 bridgehead atoms. The summed E-state index contributed by atoms with van der Waals surface area (Å²) >= 11 is 0. The van der Waals surface area contributed by atoms with Crippen LogP contribution in [0.3, 0.4) is 0 Å². The van der Waals surface area contributed by atoms with E-state index in [1.807, 2.05) is 12.1 Å². The number of para-hydroxylation sites is 1. The highest BCUT2D eigenvalue weighted by Gasteiger charge is 2.10. The van der Waals surface area contributed by atoms with Gasteiger partial charge in [0.2, 0.25) is 0 Å². The minimum atomic E-state index is -0.348. The van der Waals surface area contributed by atoms with E-state index in [9.17, 15) is 5.11 Å². The molecule has 3 rings (SSSR count). The van der Waals surface area contributed by atoms with E-state index in [0.29, 0.717) is 0 Å². The number of rotatable bonds is 5. The smallest absolute Gasteiger partial charge is 0.0790 e. The molecule has 0 aliphatic carbocycles. The molecule has 2 N–H and O–H groups in total. The topological polar surface area (TPSA) is 36.0 Å². The van der Waals surface area contributed by atoms with Gasteiger partial charge in [-0.25, -0.2) is 0 Å². The zero-order valence-corrected chi connectivity index (χ0v) is 11.9. The van der Waals surface area contributed by atoms with Crippen molar-refractivity contribution in [2.75, 3.05) is 0 Å². The second-order valence-corrected chi connectivity index (χ2v) is 5.49. The molecular formula is C18H21NO. The number of aromatic amines is 1. The molecule has 20 heavy (non-hydrogen) atoms. The first-order chi connectivity index (χ1) is 9.79. The normalized spacial score (nSPS) is 13.1. The standard InChI is InChI=1S/C18H21NO/c1-2-3-4-9-18(20)13-10-11-17-15(12-13)14-7-5-6-8-16(14)19-17/h5-8,10-12,18-20H,2-4,9H2,1H3. The molecule has 1 atom stereocenters. The van der Waals surface area contributed by atoms with Crippen molar-refractivity contribution in [2.45, 2.75) is 38.7 Å². The van der Waals surface area contributed by atoms with E-state index < -0.39 is 0 Å². The summed E-state index contributed by atoms with van der Waals surface area (Å²) in [4.78, 5) is 3.41. The van der Waals surface area contributed by atoms with Crippen LogP contribution in [0.2, 0.25) is 0 Å². The summed E-state index contributed by atoms with van der Waals surface area (Å²) < 4.78 is 0. The number of aliphatic hydroxyl groups excluding tert-OH is 1. The maximum absolute atomic E-state index is 10.3. The van der Waals surface area contributed by atoms with Gasteiger partial charge in [0.05, 0.1) is 6.10 Å². The largest absolute Gasteiger partial charge is 0.388 e. The van der Waals surface area contributed by atoms with E-state index in [1.54, 1.807) is 0 Å². The molecule has 0 fully saturated rings. The summed E-state index contributed by atoms with van der Waals surface area (Å²) in [6.07, 6.45) is 3.96. The molecule has 0 saturated carbocycles. The SMILES string of the molecule is CCCCCC(O)c1ccc2[nH]c3ccccc3c2c1. The van der Waals surface area contributed by atoms with Crippen molar-refractivity contribution >= 4 is 21.8 Å². The predicted octanol–water partition coefficient (Wildman–Crippen LogP) is 4.93. The van der Waals surface area contributed by atoms with Crippen LogP contribution in [0.25, 0.3) is 21.8 Å². The maximum Gasteiger partial charge on any atom is 0.0790 e. The zero-order valence-electron chi connectivity index (χ0n) is 11.9. The van der Waals surface area contributed by atoms with Crippen LogP contribution in [0.5, 0.6) is 0 Å². The van der Waals surface area contributed by atoms with Crippen LogP contribution in [0, 0.1) is 0 Å². The lowest BCUT2D eigenvalue weighted by Gasteiger charge is -2.10. The van der Waals surface area contributed by atoms with Gasteiger partial charge in [0, 0.05) is 21.8 Å². The van der Waals surface area contributed by atoms with E-state index in [4.69, 9.17) is 0 Å². The van der Waals surface area contributed by atoms with E-state index >= 15 is 0 Å².